The molecular weight excluding hydrogens is 340 g/mol. The lowest BCUT2D eigenvalue weighted by molar-refractivity contribution is 0.351. The predicted molar refractivity (Wildman–Crippen MR) is 99.7 cm³/mol. The molecule has 2 aromatic carbocycles. The van der Waals surface area contributed by atoms with Crippen molar-refractivity contribution in [2.45, 2.75) is 18.6 Å². The quantitative estimate of drug-likeness (QED) is 0.789. The molecule has 4 rings (SSSR count). The van der Waals surface area contributed by atoms with E-state index in [1.807, 2.05) is 65.6 Å². The first-order valence-corrected chi connectivity index (χ1v) is 10.2. The third-order valence-corrected chi connectivity index (χ3v) is 6.84. The molecule has 0 amide bonds. The third kappa shape index (κ3) is 2.70. The molecule has 24 heavy (non-hydrogen) atoms. The van der Waals surface area contributed by atoms with Crippen molar-refractivity contribution in [2.24, 2.45) is 0 Å². The van der Waals surface area contributed by atoms with Crippen LogP contribution in [0.25, 0.3) is 0 Å². The van der Waals surface area contributed by atoms with Crippen LogP contribution < -0.4 is 4.90 Å². The van der Waals surface area contributed by atoms with Gasteiger partial charge in [0.2, 0.25) is 0 Å². The Labute approximate surface area is 147 Å². The van der Waals surface area contributed by atoms with Gasteiger partial charge in [-0.15, -0.1) is 0 Å². The summed E-state index contributed by atoms with van der Waals surface area (Å²) in [4.78, 5) is 4.10. The molecule has 0 spiro atoms. The van der Waals surface area contributed by atoms with Gasteiger partial charge in [-0.1, -0.05) is 48.5 Å². The summed E-state index contributed by atoms with van der Waals surface area (Å²) in [5.74, 6) is 0.339. The molecule has 2 heterocycles. The van der Waals surface area contributed by atoms with Crippen molar-refractivity contribution in [2.75, 3.05) is 16.4 Å². The summed E-state index contributed by atoms with van der Waals surface area (Å²) in [6.45, 7) is 0.639. The highest BCUT2D eigenvalue weighted by molar-refractivity contribution is 7.91. The Hall–Kier alpha value is -1.92. The minimum atomic E-state index is -3.04. The van der Waals surface area contributed by atoms with Crippen LogP contribution in [0.4, 0.5) is 5.69 Å². The first-order chi connectivity index (χ1) is 11.6. The fraction of sp³-hybridized carbons (Fsp3) is 0.278. The predicted octanol–water partition coefficient (Wildman–Crippen LogP) is 2.46. The summed E-state index contributed by atoms with van der Waals surface area (Å²) < 4.78 is 24.5. The Morgan fingerprint density at radius 2 is 1.50 bits per heavy atom. The SMILES string of the molecule is O=S1(=O)C[C@@H]2[C@H](C1)N(Cc1ccccc1)C(=S)N2c1ccccc1. The number of nitrogens with zero attached hydrogens (tertiary/aromatic N) is 2. The summed E-state index contributed by atoms with van der Waals surface area (Å²) in [5.41, 5.74) is 2.10. The summed E-state index contributed by atoms with van der Waals surface area (Å²) >= 11 is 5.73. The molecule has 6 heteroatoms. The second-order valence-electron chi connectivity index (χ2n) is 6.31. The summed E-state index contributed by atoms with van der Waals surface area (Å²) in [7, 11) is -3.04. The van der Waals surface area contributed by atoms with Gasteiger partial charge in [-0.25, -0.2) is 8.42 Å². The number of hydrogen-bond acceptors (Lipinski definition) is 3. The molecule has 0 bridgehead atoms. The molecule has 4 nitrogen and oxygen atoms in total. The molecule has 2 saturated heterocycles. The molecule has 0 unspecified atom stereocenters. The number of rotatable bonds is 3. The number of hydrogen-bond donors (Lipinski definition) is 0. The lowest BCUT2D eigenvalue weighted by atomic mass is 10.1. The molecule has 2 aliphatic rings. The monoisotopic (exact) mass is 358 g/mol. The van der Waals surface area contributed by atoms with Gasteiger partial charge in [-0.3, -0.25) is 0 Å². The van der Waals surface area contributed by atoms with Gasteiger partial charge in [0, 0.05) is 12.2 Å². The Balaban J connectivity index is 1.71. The first-order valence-electron chi connectivity index (χ1n) is 7.94. The largest absolute Gasteiger partial charge is 0.338 e. The summed E-state index contributed by atoms with van der Waals surface area (Å²) in [6, 6.07) is 19.7. The molecule has 0 aromatic heterocycles. The number of sulfone groups is 1. The number of anilines is 1. The van der Waals surface area contributed by atoms with Gasteiger partial charge in [0.1, 0.15) is 0 Å². The van der Waals surface area contributed by atoms with Gasteiger partial charge < -0.3 is 9.80 Å². The van der Waals surface area contributed by atoms with Crippen molar-refractivity contribution in [3.8, 4) is 0 Å². The highest BCUT2D eigenvalue weighted by Crippen LogP contribution is 2.35. The minimum absolute atomic E-state index is 0.0806. The Kier molecular flexibility index (Phi) is 3.81. The standard InChI is InChI=1S/C18H18N2O2S2/c21-24(22)12-16-17(13-24)20(15-9-5-2-6-10-15)18(23)19(16)11-14-7-3-1-4-8-14/h1-10,16-17H,11-13H2/t16-,17+/m0/s1. The first kappa shape index (κ1) is 15.6. The molecule has 0 radical (unpaired) electrons. The molecule has 2 aliphatic heterocycles. The van der Waals surface area contributed by atoms with Crippen LogP contribution >= 0.6 is 12.2 Å². The van der Waals surface area contributed by atoms with E-state index in [1.165, 1.54) is 0 Å². The van der Waals surface area contributed by atoms with E-state index in [2.05, 4.69) is 4.90 Å². The molecule has 0 aliphatic carbocycles. The lowest BCUT2D eigenvalue weighted by Gasteiger charge is -2.25. The molecular formula is C18H18N2O2S2. The zero-order chi connectivity index (χ0) is 16.7. The van der Waals surface area contributed by atoms with E-state index < -0.39 is 9.84 Å². The van der Waals surface area contributed by atoms with Gasteiger partial charge in [-0.05, 0) is 29.9 Å². The van der Waals surface area contributed by atoms with Crippen LogP contribution in [0.15, 0.2) is 60.7 Å². The van der Waals surface area contributed by atoms with Crippen molar-refractivity contribution in [3.63, 3.8) is 0 Å². The van der Waals surface area contributed by atoms with Crippen LogP contribution in [0.2, 0.25) is 0 Å². The normalized spacial score (nSPS) is 25.1. The topological polar surface area (TPSA) is 40.6 Å². The van der Waals surface area contributed by atoms with E-state index in [0.29, 0.717) is 6.54 Å². The van der Waals surface area contributed by atoms with E-state index in [1.54, 1.807) is 0 Å². The number of thiocarbonyl (C=S) groups is 1. The van der Waals surface area contributed by atoms with Gasteiger partial charge in [0.05, 0.1) is 23.6 Å². The molecule has 2 atom stereocenters. The van der Waals surface area contributed by atoms with Gasteiger partial charge in [-0.2, -0.15) is 0 Å². The fourth-order valence-corrected chi connectivity index (χ4v) is 6.02. The van der Waals surface area contributed by atoms with Crippen LogP contribution in [0, 0.1) is 0 Å². The van der Waals surface area contributed by atoms with Crippen LogP contribution in [-0.2, 0) is 16.4 Å². The second-order valence-corrected chi connectivity index (χ2v) is 8.83. The lowest BCUT2D eigenvalue weighted by Crippen LogP contribution is -2.37. The highest BCUT2D eigenvalue weighted by Gasteiger charge is 2.51. The van der Waals surface area contributed by atoms with Gasteiger partial charge in [0.15, 0.2) is 14.9 Å². The molecule has 124 valence electrons. The molecule has 2 aromatic rings. The smallest absolute Gasteiger partial charge is 0.177 e. The van der Waals surface area contributed by atoms with E-state index in [0.717, 1.165) is 16.4 Å². The maximum absolute atomic E-state index is 12.2. The Bertz CT molecular complexity index is 853. The average molecular weight is 358 g/mol. The summed E-state index contributed by atoms with van der Waals surface area (Å²) in [6.07, 6.45) is 0. The zero-order valence-electron chi connectivity index (χ0n) is 13.1. The van der Waals surface area contributed by atoms with E-state index in [-0.39, 0.29) is 23.6 Å². The van der Waals surface area contributed by atoms with E-state index in [4.69, 9.17) is 12.2 Å². The number of fused-ring (bicyclic) bond motifs is 1. The van der Waals surface area contributed by atoms with Crippen LogP contribution in [0.3, 0.4) is 0 Å². The van der Waals surface area contributed by atoms with Crippen molar-refractivity contribution in [1.29, 1.82) is 0 Å². The van der Waals surface area contributed by atoms with Crippen molar-refractivity contribution in [1.82, 2.24) is 4.90 Å². The van der Waals surface area contributed by atoms with Crippen LogP contribution in [0.5, 0.6) is 0 Å². The van der Waals surface area contributed by atoms with Gasteiger partial charge in [0.25, 0.3) is 0 Å². The maximum Gasteiger partial charge on any atom is 0.177 e. The summed E-state index contributed by atoms with van der Waals surface area (Å²) in [5, 5.41) is 0.718. The van der Waals surface area contributed by atoms with Crippen LogP contribution in [-0.4, -0.2) is 42.0 Å². The molecule has 0 N–H and O–H groups in total. The highest BCUT2D eigenvalue weighted by atomic mass is 32.2. The Morgan fingerprint density at radius 1 is 0.917 bits per heavy atom. The number of para-hydroxylation sites is 1. The van der Waals surface area contributed by atoms with Gasteiger partial charge >= 0.3 is 0 Å². The molecule has 0 saturated carbocycles. The van der Waals surface area contributed by atoms with Crippen molar-refractivity contribution in [3.05, 3.63) is 66.2 Å². The third-order valence-electron chi connectivity index (χ3n) is 4.71. The van der Waals surface area contributed by atoms with Crippen molar-refractivity contribution >= 4 is 32.9 Å². The minimum Gasteiger partial charge on any atom is -0.338 e. The maximum atomic E-state index is 12.2. The second kappa shape index (κ2) is 5.86. The average Bonchev–Trinajstić information content (AvgIpc) is 3.00. The fourth-order valence-electron chi connectivity index (χ4n) is 3.63. The Morgan fingerprint density at radius 3 is 2.17 bits per heavy atom. The van der Waals surface area contributed by atoms with E-state index in [9.17, 15) is 8.42 Å². The van der Waals surface area contributed by atoms with Crippen LogP contribution in [0.1, 0.15) is 5.56 Å². The zero-order valence-corrected chi connectivity index (χ0v) is 14.7. The molecule has 2 fully saturated rings. The number of benzene rings is 2. The van der Waals surface area contributed by atoms with E-state index >= 15 is 0 Å². The van der Waals surface area contributed by atoms with Crippen molar-refractivity contribution < 1.29 is 8.42 Å².